The molecule has 3 saturated carbocycles. The highest BCUT2D eigenvalue weighted by Gasteiger charge is 2.57. The van der Waals surface area contributed by atoms with Crippen molar-refractivity contribution in [3.8, 4) is 5.75 Å². The fourth-order valence-electron chi connectivity index (χ4n) is 7.52. The van der Waals surface area contributed by atoms with E-state index in [0.29, 0.717) is 45.9 Å². The van der Waals surface area contributed by atoms with Gasteiger partial charge in [-0.2, -0.15) is 5.06 Å². The largest absolute Gasteiger partial charge is 0.496 e. The summed E-state index contributed by atoms with van der Waals surface area (Å²) in [5.74, 6) is -0.0582. The van der Waals surface area contributed by atoms with E-state index in [-0.39, 0.29) is 30.5 Å². The maximum absolute atomic E-state index is 14.0. The number of likely N-dealkylation sites (N-methyl/N-ethyl adjacent to an activating group) is 1. The summed E-state index contributed by atoms with van der Waals surface area (Å²) in [5.41, 5.74) is 2.83. The Labute approximate surface area is 261 Å². The standard InChI is InChI=1S/C34H49N3O7/c1-19(36(6)7)14-22(12-13-29(40)41)25-11-9-10-23(32(25)43-8)17-37-31(30(21(3)39)28(18-38)44-37)33(42)35-27-16-24-15-26(20(27)2)34(24,4)5/h9-14,20-21,24,26-28,30-31,38-39H,1,15-18H2,2-8H3,(H,35,42)(H,40,41)/b13-12+,22-14+/t20-,21-,24+,26-,27-,28-,30+,31-/m0/s1. The van der Waals surface area contributed by atoms with Crippen LogP contribution in [0.3, 0.4) is 0 Å². The Morgan fingerprint density at radius 2 is 1.98 bits per heavy atom. The number of para-hydroxylation sites is 1. The van der Waals surface area contributed by atoms with E-state index < -0.39 is 30.1 Å². The molecule has 0 radical (unpaired) electrons. The molecule has 4 N–H and O–H groups in total. The van der Waals surface area contributed by atoms with E-state index >= 15 is 0 Å². The number of methoxy groups -OCH3 is 1. The predicted octanol–water partition coefficient (Wildman–Crippen LogP) is 3.46. The molecule has 10 heteroatoms. The van der Waals surface area contributed by atoms with Gasteiger partial charge in [-0.25, -0.2) is 4.79 Å². The van der Waals surface area contributed by atoms with Crippen LogP contribution < -0.4 is 10.1 Å². The van der Waals surface area contributed by atoms with Crippen molar-refractivity contribution >= 4 is 17.4 Å². The Morgan fingerprint density at radius 1 is 1.27 bits per heavy atom. The van der Waals surface area contributed by atoms with Crippen LogP contribution in [0.2, 0.25) is 0 Å². The van der Waals surface area contributed by atoms with Crippen LogP contribution in [0.15, 0.2) is 48.7 Å². The summed E-state index contributed by atoms with van der Waals surface area (Å²) in [7, 11) is 5.22. The van der Waals surface area contributed by atoms with Gasteiger partial charge in [-0.15, -0.1) is 0 Å². The second kappa shape index (κ2) is 13.4. The number of hydrogen-bond acceptors (Lipinski definition) is 8. The fraction of sp³-hybridized carbons (Fsp3) is 0.588. The Kier molecular flexibility index (Phi) is 10.3. The first kappa shape index (κ1) is 33.7. The number of aliphatic hydroxyl groups is 2. The molecule has 0 spiro atoms. The molecule has 0 unspecified atom stereocenters. The number of aliphatic hydroxyl groups excluding tert-OH is 2. The van der Waals surface area contributed by atoms with Crippen molar-refractivity contribution in [2.75, 3.05) is 27.8 Å². The van der Waals surface area contributed by atoms with Crippen LogP contribution in [0.5, 0.6) is 5.75 Å². The number of rotatable bonds is 12. The second-order valence-corrected chi connectivity index (χ2v) is 13.4. The van der Waals surface area contributed by atoms with Crippen molar-refractivity contribution in [3.63, 3.8) is 0 Å². The van der Waals surface area contributed by atoms with E-state index in [1.807, 2.05) is 37.2 Å². The number of nitrogens with one attached hydrogen (secondary N) is 1. The molecule has 0 aromatic heterocycles. The zero-order chi connectivity index (χ0) is 32.5. The Bertz CT molecular complexity index is 1300. The Balaban J connectivity index is 1.66. The minimum Gasteiger partial charge on any atom is -0.496 e. The topological polar surface area (TPSA) is 132 Å². The van der Waals surface area contributed by atoms with E-state index in [1.165, 1.54) is 19.6 Å². The highest BCUT2D eigenvalue weighted by molar-refractivity contribution is 5.88. The third-order valence-electron chi connectivity index (χ3n) is 10.3. The van der Waals surface area contributed by atoms with E-state index in [0.717, 1.165) is 12.5 Å². The van der Waals surface area contributed by atoms with Crippen molar-refractivity contribution in [3.05, 3.63) is 59.8 Å². The van der Waals surface area contributed by atoms with Gasteiger partial charge in [0.25, 0.3) is 0 Å². The minimum absolute atomic E-state index is 0.0281. The lowest BCUT2D eigenvalue weighted by atomic mass is 9.45. The van der Waals surface area contributed by atoms with Gasteiger partial charge in [-0.05, 0) is 60.7 Å². The average molecular weight is 612 g/mol. The van der Waals surface area contributed by atoms with Crippen molar-refractivity contribution in [2.24, 2.45) is 29.1 Å². The van der Waals surface area contributed by atoms with Crippen LogP contribution in [0.25, 0.3) is 5.57 Å². The molecule has 8 atom stereocenters. The van der Waals surface area contributed by atoms with Crippen LogP contribution in [0.1, 0.15) is 51.7 Å². The van der Waals surface area contributed by atoms with Crippen LogP contribution in [0.4, 0.5) is 0 Å². The molecule has 4 fully saturated rings. The minimum atomic E-state index is -1.09. The van der Waals surface area contributed by atoms with E-state index in [4.69, 9.17) is 9.57 Å². The molecule has 1 aromatic carbocycles. The van der Waals surface area contributed by atoms with Gasteiger partial charge in [0.15, 0.2) is 0 Å². The molecule has 1 aromatic rings. The van der Waals surface area contributed by atoms with Crippen LogP contribution >= 0.6 is 0 Å². The molecule has 4 aliphatic rings. The first-order chi connectivity index (χ1) is 20.7. The van der Waals surface area contributed by atoms with Crippen molar-refractivity contribution < 1.29 is 34.5 Å². The van der Waals surface area contributed by atoms with Crippen LogP contribution in [-0.2, 0) is 21.0 Å². The number of fused-ring (bicyclic) bond motifs is 2. The summed E-state index contributed by atoms with van der Waals surface area (Å²) in [6, 6.07) is 4.68. The molecule has 1 saturated heterocycles. The van der Waals surface area contributed by atoms with Gasteiger partial charge in [0, 0.05) is 49.0 Å². The average Bonchev–Trinajstić information content (AvgIpc) is 3.34. The SMILES string of the molecule is C=C(/C=C(\C=C\C(=O)O)c1cccc(CN2O[C@@H](CO)[C@@H]([C@H](C)O)[C@H]2C(=O)N[C@H]2C[C@H]3C[C@@H]([C@@H]2C)C3(C)C)c1OC)N(C)C. The van der Waals surface area contributed by atoms with Crippen LogP contribution in [-0.4, -0.2) is 89.3 Å². The number of carboxylic acid groups (broad SMARTS) is 1. The number of aliphatic carboxylic acids is 1. The molecular weight excluding hydrogens is 562 g/mol. The molecular formula is C34H49N3O7. The van der Waals surface area contributed by atoms with Gasteiger partial charge in [0.2, 0.25) is 5.91 Å². The first-order valence-electron chi connectivity index (χ1n) is 15.4. The number of ether oxygens (including phenoxy) is 1. The van der Waals surface area contributed by atoms with E-state index in [9.17, 15) is 24.9 Å². The van der Waals surface area contributed by atoms with Gasteiger partial charge < -0.3 is 30.3 Å². The summed E-state index contributed by atoms with van der Waals surface area (Å²) in [5, 5.41) is 35.1. The predicted molar refractivity (Wildman–Crippen MR) is 168 cm³/mol. The number of benzene rings is 1. The molecule has 3 aliphatic carbocycles. The third-order valence-corrected chi connectivity index (χ3v) is 10.3. The summed E-state index contributed by atoms with van der Waals surface area (Å²) >= 11 is 0. The molecule has 2 bridgehead atoms. The maximum Gasteiger partial charge on any atom is 0.328 e. The lowest BCUT2D eigenvalue weighted by molar-refractivity contribution is -0.183. The summed E-state index contributed by atoms with van der Waals surface area (Å²) in [6.45, 7) is 12.3. The maximum atomic E-state index is 14.0. The number of carbonyl (C=O) groups is 2. The molecule has 5 rings (SSSR count). The number of allylic oxidation sites excluding steroid dienone is 3. The van der Waals surface area contributed by atoms with Crippen LogP contribution in [0, 0.1) is 29.1 Å². The lowest BCUT2D eigenvalue weighted by Gasteiger charge is -2.62. The first-order valence-corrected chi connectivity index (χ1v) is 15.4. The number of nitrogens with zero attached hydrogens (tertiary/aromatic N) is 2. The monoisotopic (exact) mass is 611 g/mol. The molecule has 1 aliphatic heterocycles. The quantitative estimate of drug-likeness (QED) is 0.207. The Morgan fingerprint density at radius 3 is 2.52 bits per heavy atom. The number of amides is 1. The van der Waals surface area contributed by atoms with Gasteiger partial charge >= 0.3 is 5.97 Å². The zero-order valence-electron chi connectivity index (χ0n) is 27.0. The fourth-order valence-corrected chi connectivity index (χ4v) is 7.52. The van der Waals surface area contributed by atoms with Crippen molar-refractivity contribution in [1.29, 1.82) is 0 Å². The number of carboxylic acids is 1. The summed E-state index contributed by atoms with van der Waals surface area (Å²) < 4.78 is 5.86. The number of carbonyl (C=O) groups excluding carboxylic acids is 1. The summed E-state index contributed by atoms with van der Waals surface area (Å²) in [6.07, 6.45) is 4.74. The summed E-state index contributed by atoms with van der Waals surface area (Å²) in [4.78, 5) is 33.4. The zero-order valence-corrected chi connectivity index (χ0v) is 27.0. The highest BCUT2D eigenvalue weighted by atomic mass is 16.7. The van der Waals surface area contributed by atoms with Gasteiger partial charge in [-0.1, -0.05) is 45.5 Å². The smallest absolute Gasteiger partial charge is 0.328 e. The van der Waals surface area contributed by atoms with Gasteiger partial charge in [0.05, 0.1) is 26.4 Å². The molecule has 1 heterocycles. The second-order valence-electron chi connectivity index (χ2n) is 13.4. The Hall–Kier alpha value is -3.18. The third kappa shape index (κ3) is 6.59. The van der Waals surface area contributed by atoms with E-state index in [1.54, 1.807) is 18.1 Å². The van der Waals surface area contributed by atoms with Gasteiger partial charge in [-0.3, -0.25) is 9.63 Å². The highest BCUT2D eigenvalue weighted by Crippen LogP contribution is 2.61. The molecule has 242 valence electrons. The number of hydroxylamine groups is 2. The number of hydrogen-bond donors (Lipinski definition) is 4. The normalized spacial score (nSPS) is 30.5. The molecule has 10 nitrogen and oxygen atoms in total. The van der Waals surface area contributed by atoms with E-state index in [2.05, 4.69) is 32.7 Å². The van der Waals surface area contributed by atoms with Gasteiger partial charge in [0.1, 0.15) is 17.9 Å². The molecule has 1 amide bonds. The van der Waals surface area contributed by atoms with Crippen molar-refractivity contribution in [1.82, 2.24) is 15.3 Å². The van der Waals surface area contributed by atoms with Crippen molar-refractivity contribution in [2.45, 2.75) is 71.4 Å². The molecule has 44 heavy (non-hydrogen) atoms. The lowest BCUT2D eigenvalue weighted by Crippen LogP contribution is -2.62.